The minimum absolute atomic E-state index is 0.197. The van der Waals surface area contributed by atoms with Crippen LogP contribution in [0.2, 0.25) is 5.02 Å². The van der Waals surface area contributed by atoms with Crippen molar-refractivity contribution in [1.29, 1.82) is 0 Å². The molecule has 3 aromatic carbocycles. The maximum absolute atomic E-state index is 12.9. The molecule has 0 aliphatic rings. The Morgan fingerprint density at radius 3 is 2.39 bits per heavy atom. The van der Waals surface area contributed by atoms with E-state index >= 15 is 0 Å². The fourth-order valence-electron chi connectivity index (χ4n) is 2.95. The van der Waals surface area contributed by atoms with E-state index in [4.69, 9.17) is 30.5 Å². The zero-order valence-corrected chi connectivity index (χ0v) is 18.4. The number of anilines is 1. The molecule has 0 atom stereocenters. The van der Waals surface area contributed by atoms with Crippen LogP contribution in [0.4, 0.5) is 5.69 Å². The Balaban J connectivity index is 1.83. The van der Waals surface area contributed by atoms with Crippen LogP contribution in [-0.2, 0) is 6.61 Å². The summed E-state index contributed by atoms with van der Waals surface area (Å²) < 4.78 is 22.1. The number of ether oxygens (including phenoxy) is 4. The van der Waals surface area contributed by atoms with Crippen molar-refractivity contribution in [3.8, 4) is 23.0 Å². The quantitative estimate of drug-likeness (QED) is 0.469. The first-order valence-electron chi connectivity index (χ1n) is 9.72. The second-order valence-electron chi connectivity index (χ2n) is 6.49. The van der Waals surface area contributed by atoms with Gasteiger partial charge >= 0.3 is 0 Å². The number of methoxy groups -OCH3 is 2. The predicted molar refractivity (Wildman–Crippen MR) is 121 cm³/mol. The first kappa shape index (κ1) is 22.3. The van der Waals surface area contributed by atoms with Crippen LogP contribution >= 0.6 is 11.6 Å². The Labute approximate surface area is 186 Å². The van der Waals surface area contributed by atoms with E-state index in [1.165, 1.54) is 0 Å². The van der Waals surface area contributed by atoms with Gasteiger partial charge < -0.3 is 24.3 Å². The molecule has 0 saturated carbocycles. The van der Waals surface area contributed by atoms with Gasteiger partial charge in [0.25, 0.3) is 5.91 Å². The molecule has 162 valence electrons. The van der Waals surface area contributed by atoms with E-state index in [1.807, 2.05) is 19.1 Å². The smallest absolute Gasteiger partial charge is 0.255 e. The number of amides is 1. The molecule has 0 aromatic heterocycles. The molecule has 0 heterocycles. The van der Waals surface area contributed by atoms with Crippen LogP contribution in [-0.4, -0.2) is 26.7 Å². The molecule has 0 unspecified atom stereocenters. The van der Waals surface area contributed by atoms with Gasteiger partial charge in [0.05, 0.1) is 31.5 Å². The van der Waals surface area contributed by atoms with Gasteiger partial charge in [0.1, 0.15) is 29.6 Å². The van der Waals surface area contributed by atoms with E-state index in [0.29, 0.717) is 45.9 Å². The van der Waals surface area contributed by atoms with Gasteiger partial charge in [-0.05, 0) is 49.4 Å². The van der Waals surface area contributed by atoms with Gasteiger partial charge in [-0.15, -0.1) is 0 Å². The van der Waals surface area contributed by atoms with Gasteiger partial charge in [0, 0.05) is 17.2 Å². The monoisotopic (exact) mass is 441 g/mol. The van der Waals surface area contributed by atoms with Crippen molar-refractivity contribution >= 4 is 23.2 Å². The van der Waals surface area contributed by atoms with Crippen LogP contribution < -0.4 is 24.3 Å². The Bertz CT molecular complexity index is 1050. The number of nitrogens with one attached hydrogen (secondary N) is 1. The van der Waals surface area contributed by atoms with Crippen molar-refractivity contribution in [3.63, 3.8) is 0 Å². The number of carbonyl (C=O) groups excluding carboxylic acids is 1. The zero-order valence-electron chi connectivity index (χ0n) is 17.6. The molecule has 6 nitrogen and oxygen atoms in total. The van der Waals surface area contributed by atoms with Crippen LogP contribution in [0.1, 0.15) is 22.8 Å². The maximum Gasteiger partial charge on any atom is 0.255 e. The lowest BCUT2D eigenvalue weighted by Gasteiger charge is -2.15. The van der Waals surface area contributed by atoms with Gasteiger partial charge in [-0.3, -0.25) is 4.79 Å². The molecule has 0 bridgehead atoms. The number of benzene rings is 3. The lowest BCUT2D eigenvalue weighted by molar-refractivity contribution is 0.102. The second kappa shape index (κ2) is 10.6. The molecule has 0 radical (unpaired) electrons. The van der Waals surface area contributed by atoms with Crippen molar-refractivity contribution in [2.45, 2.75) is 13.5 Å². The highest BCUT2D eigenvalue weighted by Gasteiger charge is 2.14. The van der Waals surface area contributed by atoms with Gasteiger partial charge in [-0.2, -0.15) is 0 Å². The standard InChI is InChI=1S/C24H24ClNO5/c1-4-30-21-11-9-16(13-17(21)15-31-22-8-6-5-7-19(22)25)24(27)26-20-14-18(28-2)10-12-23(20)29-3/h5-14H,4,15H2,1-3H3,(H,26,27). The first-order valence-corrected chi connectivity index (χ1v) is 10.1. The fraction of sp³-hybridized carbons (Fsp3) is 0.208. The van der Waals surface area contributed by atoms with E-state index in [-0.39, 0.29) is 12.5 Å². The van der Waals surface area contributed by atoms with Crippen LogP contribution in [0.15, 0.2) is 60.7 Å². The maximum atomic E-state index is 12.9. The summed E-state index contributed by atoms with van der Waals surface area (Å²) in [4.78, 5) is 12.9. The van der Waals surface area contributed by atoms with Crippen molar-refractivity contribution in [3.05, 3.63) is 76.8 Å². The summed E-state index contributed by atoms with van der Waals surface area (Å²) in [6, 6.07) is 17.6. The van der Waals surface area contributed by atoms with E-state index in [2.05, 4.69) is 5.32 Å². The molecule has 1 amide bonds. The summed E-state index contributed by atoms with van der Waals surface area (Å²) >= 11 is 6.17. The summed E-state index contributed by atoms with van der Waals surface area (Å²) in [5.74, 6) is 2.04. The van der Waals surface area contributed by atoms with Crippen molar-refractivity contribution in [2.75, 3.05) is 26.1 Å². The Morgan fingerprint density at radius 1 is 0.903 bits per heavy atom. The summed E-state index contributed by atoms with van der Waals surface area (Å²) in [6.45, 7) is 2.59. The highest BCUT2D eigenvalue weighted by atomic mass is 35.5. The van der Waals surface area contributed by atoms with E-state index < -0.39 is 0 Å². The van der Waals surface area contributed by atoms with E-state index in [0.717, 1.165) is 5.56 Å². The molecule has 31 heavy (non-hydrogen) atoms. The van der Waals surface area contributed by atoms with Crippen molar-refractivity contribution in [2.24, 2.45) is 0 Å². The Hall–Kier alpha value is -3.38. The van der Waals surface area contributed by atoms with Crippen LogP contribution in [0, 0.1) is 0 Å². The lowest BCUT2D eigenvalue weighted by atomic mass is 10.1. The third-order valence-corrected chi connectivity index (χ3v) is 4.81. The minimum atomic E-state index is -0.298. The van der Waals surface area contributed by atoms with Gasteiger partial charge in [-0.1, -0.05) is 23.7 Å². The molecule has 0 aliphatic carbocycles. The van der Waals surface area contributed by atoms with Gasteiger partial charge in [0.2, 0.25) is 0 Å². The molecule has 1 N–H and O–H groups in total. The fourth-order valence-corrected chi connectivity index (χ4v) is 3.14. The molecule has 3 aromatic rings. The number of hydrogen-bond donors (Lipinski definition) is 1. The molecular formula is C24H24ClNO5. The highest BCUT2D eigenvalue weighted by Crippen LogP contribution is 2.30. The number of halogens is 1. The zero-order chi connectivity index (χ0) is 22.2. The topological polar surface area (TPSA) is 66.0 Å². The SMILES string of the molecule is CCOc1ccc(C(=O)Nc2cc(OC)ccc2OC)cc1COc1ccccc1Cl. The number of carbonyl (C=O) groups is 1. The number of para-hydroxylation sites is 1. The largest absolute Gasteiger partial charge is 0.497 e. The molecule has 3 rings (SSSR count). The Morgan fingerprint density at radius 2 is 1.68 bits per heavy atom. The number of hydrogen-bond acceptors (Lipinski definition) is 5. The third-order valence-electron chi connectivity index (χ3n) is 4.50. The second-order valence-corrected chi connectivity index (χ2v) is 6.90. The van der Waals surface area contributed by atoms with E-state index in [1.54, 1.807) is 62.8 Å². The molecule has 0 aliphatic heterocycles. The van der Waals surface area contributed by atoms with Crippen LogP contribution in [0.3, 0.4) is 0 Å². The number of rotatable bonds is 9. The molecule has 7 heteroatoms. The van der Waals surface area contributed by atoms with Gasteiger partial charge in [0.15, 0.2) is 0 Å². The summed E-state index contributed by atoms with van der Waals surface area (Å²) in [6.07, 6.45) is 0. The van der Waals surface area contributed by atoms with Gasteiger partial charge in [-0.25, -0.2) is 0 Å². The van der Waals surface area contributed by atoms with Crippen molar-refractivity contribution < 1.29 is 23.7 Å². The minimum Gasteiger partial charge on any atom is -0.497 e. The molecule has 0 saturated heterocycles. The highest BCUT2D eigenvalue weighted by molar-refractivity contribution is 6.32. The normalized spacial score (nSPS) is 10.3. The average Bonchev–Trinajstić information content (AvgIpc) is 2.79. The third kappa shape index (κ3) is 5.61. The van der Waals surface area contributed by atoms with Crippen LogP contribution in [0.5, 0.6) is 23.0 Å². The average molecular weight is 442 g/mol. The lowest BCUT2D eigenvalue weighted by Crippen LogP contribution is -2.14. The summed E-state index contributed by atoms with van der Waals surface area (Å²) in [7, 11) is 3.10. The van der Waals surface area contributed by atoms with Crippen molar-refractivity contribution in [1.82, 2.24) is 0 Å². The summed E-state index contributed by atoms with van der Waals surface area (Å²) in [5.41, 5.74) is 1.69. The first-order chi connectivity index (χ1) is 15.0. The molecular weight excluding hydrogens is 418 g/mol. The molecule has 0 spiro atoms. The van der Waals surface area contributed by atoms with E-state index in [9.17, 15) is 4.79 Å². The summed E-state index contributed by atoms with van der Waals surface area (Å²) in [5, 5.41) is 3.38. The predicted octanol–water partition coefficient (Wildman–Crippen LogP) is 5.59. The molecule has 0 fully saturated rings. The van der Waals surface area contributed by atoms with Crippen LogP contribution in [0.25, 0.3) is 0 Å². The Kier molecular flexibility index (Phi) is 7.62.